The molecule has 0 amide bonds. The number of aliphatic hydroxyl groups excluding tert-OH is 1. The van der Waals surface area contributed by atoms with Gasteiger partial charge in [0, 0.05) is 6.61 Å². The Bertz CT molecular complexity index is 147. The van der Waals surface area contributed by atoms with E-state index in [-0.39, 0.29) is 0 Å². The van der Waals surface area contributed by atoms with Crippen LogP contribution in [0.3, 0.4) is 0 Å². The van der Waals surface area contributed by atoms with Crippen LogP contribution < -0.4 is 0 Å². The van der Waals surface area contributed by atoms with Crippen molar-refractivity contribution in [3.63, 3.8) is 0 Å². The Morgan fingerprint density at radius 3 is 2.33 bits per heavy atom. The summed E-state index contributed by atoms with van der Waals surface area (Å²) < 4.78 is 0. The van der Waals surface area contributed by atoms with Crippen LogP contribution >= 0.6 is 0 Å². The molecule has 0 aromatic rings. The molecule has 1 atom stereocenters. The van der Waals surface area contributed by atoms with E-state index in [9.17, 15) is 0 Å². The third-order valence-corrected chi connectivity index (χ3v) is 4.12. The minimum Gasteiger partial charge on any atom is -0.396 e. The second-order valence-corrected chi connectivity index (χ2v) is 5.43. The lowest BCUT2D eigenvalue weighted by Gasteiger charge is -2.32. The van der Waals surface area contributed by atoms with Gasteiger partial charge < -0.3 is 5.11 Å². The van der Waals surface area contributed by atoms with E-state index in [0.717, 1.165) is 24.2 Å². The molecular formula is C14H28O. The van der Waals surface area contributed by atoms with Crippen LogP contribution in [0.2, 0.25) is 0 Å². The largest absolute Gasteiger partial charge is 0.396 e. The second kappa shape index (κ2) is 7.27. The summed E-state index contributed by atoms with van der Waals surface area (Å²) in [5, 5.41) is 8.92. The third-order valence-electron chi connectivity index (χ3n) is 4.12. The second-order valence-electron chi connectivity index (χ2n) is 5.43. The van der Waals surface area contributed by atoms with Crippen molar-refractivity contribution in [1.29, 1.82) is 0 Å². The van der Waals surface area contributed by atoms with Gasteiger partial charge in [-0.2, -0.15) is 0 Å². The van der Waals surface area contributed by atoms with Crippen LogP contribution in [0.5, 0.6) is 0 Å². The number of hydrogen-bond donors (Lipinski definition) is 1. The van der Waals surface area contributed by atoms with E-state index in [0.29, 0.717) is 6.61 Å². The van der Waals surface area contributed by atoms with E-state index >= 15 is 0 Å². The summed E-state index contributed by atoms with van der Waals surface area (Å²) in [4.78, 5) is 0. The highest BCUT2D eigenvalue weighted by molar-refractivity contribution is 4.76. The summed E-state index contributed by atoms with van der Waals surface area (Å²) in [6.07, 6.45) is 10.7. The van der Waals surface area contributed by atoms with Crippen LogP contribution in [-0.2, 0) is 0 Å². The molecule has 0 radical (unpaired) electrons. The van der Waals surface area contributed by atoms with Gasteiger partial charge in [-0.1, -0.05) is 39.5 Å². The van der Waals surface area contributed by atoms with Crippen molar-refractivity contribution in [2.24, 2.45) is 17.8 Å². The summed E-state index contributed by atoms with van der Waals surface area (Å²) in [6, 6.07) is 0. The lowest BCUT2D eigenvalue weighted by atomic mass is 9.73. The molecule has 1 heteroatoms. The van der Waals surface area contributed by atoms with Crippen molar-refractivity contribution in [2.75, 3.05) is 6.61 Å². The average molecular weight is 212 g/mol. The molecule has 1 fully saturated rings. The molecule has 1 nitrogen and oxygen atoms in total. The van der Waals surface area contributed by atoms with Crippen molar-refractivity contribution in [3.05, 3.63) is 0 Å². The van der Waals surface area contributed by atoms with Gasteiger partial charge >= 0.3 is 0 Å². The molecule has 0 bridgehead atoms. The van der Waals surface area contributed by atoms with Gasteiger partial charge in [0.1, 0.15) is 0 Å². The molecule has 90 valence electrons. The van der Waals surface area contributed by atoms with Gasteiger partial charge in [0.25, 0.3) is 0 Å². The molecule has 15 heavy (non-hydrogen) atoms. The fourth-order valence-corrected chi connectivity index (χ4v) is 3.10. The van der Waals surface area contributed by atoms with Crippen LogP contribution in [0.4, 0.5) is 0 Å². The predicted octanol–water partition coefficient (Wildman–Crippen LogP) is 4.00. The molecule has 1 N–H and O–H groups in total. The van der Waals surface area contributed by atoms with Crippen molar-refractivity contribution in [3.8, 4) is 0 Å². The maximum Gasteiger partial charge on any atom is 0.0431 e. The van der Waals surface area contributed by atoms with Gasteiger partial charge in [-0.15, -0.1) is 0 Å². The zero-order valence-electron chi connectivity index (χ0n) is 10.5. The zero-order chi connectivity index (χ0) is 11.1. The Labute approximate surface area is 95.3 Å². The quantitative estimate of drug-likeness (QED) is 0.705. The van der Waals surface area contributed by atoms with Crippen LogP contribution in [-0.4, -0.2) is 11.7 Å². The smallest absolute Gasteiger partial charge is 0.0431 e. The van der Waals surface area contributed by atoms with Crippen LogP contribution in [0, 0.1) is 17.8 Å². The standard InChI is InChI=1S/C14H28O/c1-3-5-13(6-4-11-15)14-9-7-12(2)8-10-14/h12-15H,3-11H2,1-2H3. The van der Waals surface area contributed by atoms with Crippen LogP contribution in [0.1, 0.15) is 65.2 Å². The van der Waals surface area contributed by atoms with Gasteiger partial charge in [0.2, 0.25) is 0 Å². The minimum atomic E-state index is 0.378. The molecule has 0 aromatic carbocycles. The maximum absolute atomic E-state index is 8.92. The highest BCUT2D eigenvalue weighted by Gasteiger charge is 2.24. The van der Waals surface area contributed by atoms with Gasteiger partial charge in [-0.05, 0) is 43.4 Å². The highest BCUT2D eigenvalue weighted by atomic mass is 16.2. The Morgan fingerprint density at radius 1 is 1.13 bits per heavy atom. The van der Waals surface area contributed by atoms with Gasteiger partial charge in [0.15, 0.2) is 0 Å². The van der Waals surface area contributed by atoms with Crippen LogP contribution in [0.25, 0.3) is 0 Å². The molecule has 0 heterocycles. The Hall–Kier alpha value is -0.0400. The fraction of sp³-hybridized carbons (Fsp3) is 1.00. The first-order chi connectivity index (χ1) is 7.27. The fourth-order valence-electron chi connectivity index (χ4n) is 3.10. The Kier molecular flexibility index (Phi) is 6.31. The zero-order valence-corrected chi connectivity index (χ0v) is 10.5. The first-order valence-electron chi connectivity index (χ1n) is 6.88. The number of rotatable bonds is 6. The van der Waals surface area contributed by atoms with E-state index in [2.05, 4.69) is 13.8 Å². The van der Waals surface area contributed by atoms with E-state index in [1.165, 1.54) is 44.9 Å². The molecule has 1 rings (SSSR count). The SMILES string of the molecule is CCCC(CCCO)C1CCC(C)CC1. The van der Waals surface area contributed by atoms with Gasteiger partial charge in [-0.25, -0.2) is 0 Å². The summed E-state index contributed by atoms with van der Waals surface area (Å²) >= 11 is 0. The number of hydrogen-bond acceptors (Lipinski definition) is 1. The highest BCUT2D eigenvalue weighted by Crippen LogP contribution is 2.36. The van der Waals surface area contributed by atoms with Gasteiger partial charge in [0.05, 0.1) is 0 Å². The van der Waals surface area contributed by atoms with E-state index in [1.807, 2.05) is 0 Å². The van der Waals surface area contributed by atoms with E-state index in [4.69, 9.17) is 5.11 Å². The van der Waals surface area contributed by atoms with Crippen molar-refractivity contribution >= 4 is 0 Å². The molecule has 1 aliphatic rings. The molecule has 0 spiro atoms. The lowest BCUT2D eigenvalue weighted by molar-refractivity contribution is 0.178. The Balaban J connectivity index is 2.33. The average Bonchev–Trinajstić information content (AvgIpc) is 2.25. The lowest BCUT2D eigenvalue weighted by Crippen LogP contribution is -2.21. The summed E-state index contributed by atoms with van der Waals surface area (Å²) in [5.74, 6) is 2.82. The molecular weight excluding hydrogens is 184 g/mol. The minimum absolute atomic E-state index is 0.378. The maximum atomic E-state index is 8.92. The van der Waals surface area contributed by atoms with Crippen LogP contribution in [0.15, 0.2) is 0 Å². The Morgan fingerprint density at radius 2 is 1.80 bits per heavy atom. The monoisotopic (exact) mass is 212 g/mol. The third kappa shape index (κ3) is 4.55. The molecule has 1 saturated carbocycles. The molecule has 1 aliphatic carbocycles. The molecule has 1 unspecified atom stereocenters. The van der Waals surface area contributed by atoms with E-state index < -0.39 is 0 Å². The molecule has 0 aliphatic heterocycles. The topological polar surface area (TPSA) is 20.2 Å². The van der Waals surface area contributed by atoms with Crippen molar-refractivity contribution in [1.82, 2.24) is 0 Å². The normalized spacial score (nSPS) is 29.0. The predicted molar refractivity (Wildman–Crippen MR) is 65.8 cm³/mol. The number of aliphatic hydroxyl groups is 1. The van der Waals surface area contributed by atoms with Crippen molar-refractivity contribution in [2.45, 2.75) is 65.2 Å². The first kappa shape index (κ1) is 13.0. The van der Waals surface area contributed by atoms with Crippen molar-refractivity contribution < 1.29 is 5.11 Å². The summed E-state index contributed by atoms with van der Waals surface area (Å²) in [7, 11) is 0. The van der Waals surface area contributed by atoms with Gasteiger partial charge in [-0.3, -0.25) is 0 Å². The molecule has 0 saturated heterocycles. The first-order valence-corrected chi connectivity index (χ1v) is 6.88. The van der Waals surface area contributed by atoms with E-state index in [1.54, 1.807) is 0 Å². The summed E-state index contributed by atoms with van der Waals surface area (Å²) in [5.41, 5.74) is 0. The summed E-state index contributed by atoms with van der Waals surface area (Å²) in [6.45, 7) is 5.06. The molecule has 0 aromatic heterocycles.